The molecule has 4 heteroatoms. The summed E-state index contributed by atoms with van der Waals surface area (Å²) in [6.07, 6.45) is 5.88. The molecule has 0 aliphatic carbocycles. The maximum Gasteiger partial charge on any atom is 0.0634 e. The van der Waals surface area contributed by atoms with Crippen molar-refractivity contribution in [2.45, 2.75) is 38.8 Å². The van der Waals surface area contributed by atoms with Gasteiger partial charge in [-0.2, -0.15) is 0 Å². The standard InChI is InChI=1S/C14H22ClN3/c1-3-14(2)11-18(8-4-6-17-14)10-12-5-7-16-9-13(12)15/h5,7,9,17H,3-4,6,8,10-11H2,1-2H3. The van der Waals surface area contributed by atoms with Crippen LogP contribution in [0, 0.1) is 0 Å². The fraction of sp³-hybridized carbons (Fsp3) is 0.643. The Labute approximate surface area is 115 Å². The van der Waals surface area contributed by atoms with Gasteiger partial charge in [-0.1, -0.05) is 18.5 Å². The topological polar surface area (TPSA) is 28.2 Å². The second kappa shape index (κ2) is 6.00. The summed E-state index contributed by atoms with van der Waals surface area (Å²) in [4.78, 5) is 6.53. The van der Waals surface area contributed by atoms with Gasteiger partial charge in [0.05, 0.1) is 5.02 Å². The molecule has 1 N–H and O–H groups in total. The van der Waals surface area contributed by atoms with Gasteiger partial charge >= 0.3 is 0 Å². The molecule has 1 saturated heterocycles. The van der Waals surface area contributed by atoms with Crippen molar-refractivity contribution in [2.75, 3.05) is 19.6 Å². The molecule has 0 bridgehead atoms. The summed E-state index contributed by atoms with van der Waals surface area (Å²) >= 11 is 6.18. The Balaban J connectivity index is 2.06. The van der Waals surface area contributed by atoms with E-state index in [1.54, 1.807) is 6.20 Å². The lowest BCUT2D eigenvalue weighted by Crippen LogP contribution is -2.48. The van der Waals surface area contributed by atoms with Crippen molar-refractivity contribution in [3.05, 3.63) is 29.0 Å². The Bertz CT molecular complexity index is 396. The Morgan fingerprint density at radius 1 is 1.56 bits per heavy atom. The Hall–Kier alpha value is -0.640. The predicted molar refractivity (Wildman–Crippen MR) is 75.8 cm³/mol. The van der Waals surface area contributed by atoms with Gasteiger partial charge in [0.15, 0.2) is 0 Å². The molecule has 1 aliphatic heterocycles. The van der Waals surface area contributed by atoms with Crippen LogP contribution in [0.2, 0.25) is 5.02 Å². The number of rotatable bonds is 3. The molecule has 1 aromatic heterocycles. The zero-order chi connectivity index (χ0) is 13.0. The summed E-state index contributed by atoms with van der Waals surface area (Å²) in [7, 11) is 0. The van der Waals surface area contributed by atoms with Crippen LogP contribution in [0.15, 0.2) is 18.5 Å². The van der Waals surface area contributed by atoms with Crippen LogP contribution >= 0.6 is 11.6 Å². The fourth-order valence-corrected chi connectivity index (χ4v) is 2.65. The second-order valence-corrected chi connectivity index (χ2v) is 5.78. The Kier molecular flexibility index (Phi) is 4.60. The third-order valence-electron chi connectivity index (χ3n) is 3.81. The maximum absolute atomic E-state index is 6.18. The maximum atomic E-state index is 6.18. The minimum absolute atomic E-state index is 0.218. The van der Waals surface area contributed by atoms with Gasteiger partial charge in [-0.3, -0.25) is 9.88 Å². The van der Waals surface area contributed by atoms with Crippen molar-refractivity contribution < 1.29 is 0 Å². The number of halogens is 1. The molecule has 1 aliphatic rings. The summed E-state index contributed by atoms with van der Waals surface area (Å²) < 4.78 is 0. The smallest absolute Gasteiger partial charge is 0.0634 e. The SMILES string of the molecule is CCC1(C)CN(Cc2ccncc2Cl)CCCN1. The molecule has 0 amide bonds. The first-order valence-corrected chi connectivity index (χ1v) is 7.06. The van der Waals surface area contributed by atoms with E-state index in [4.69, 9.17) is 11.6 Å². The van der Waals surface area contributed by atoms with Gasteiger partial charge in [-0.15, -0.1) is 0 Å². The highest BCUT2D eigenvalue weighted by atomic mass is 35.5. The first-order valence-electron chi connectivity index (χ1n) is 6.69. The van der Waals surface area contributed by atoms with Crippen molar-refractivity contribution in [2.24, 2.45) is 0 Å². The molecule has 1 fully saturated rings. The quantitative estimate of drug-likeness (QED) is 0.913. The van der Waals surface area contributed by atoms with Crippen LogP contribution < -0.4 is 5.32 Å². The number of hydrogen-bond donors (Lipinski definition) is 1. The monoisotopic (exact) mass is 267 g/mol. The lowest BCUT2D eigenvalue weighted by atomic mass is 9.98. The molecule has 1 aromatic rings. The van der Waals surface area contributed by atoms with Gasteiger partial charge in [0.2, 0.25) is 0 Å². The van der Waals surface area contributed by atoms with E-state index >= 15 is 0 Å². The van der Waals surface area contributed by atoms with Crippen molar-refractivity contribution in [1.29, 1.82) is 0 Å². The summed E-state index contributed by atoms with van der Waals surface area (Å²) in [6.45, 7) is 8.77. The van der Waals surface area contributed by atoms with E-state index in [0.29, 0.717) is 0 Å². The number of nitrogens with one attached hydrogen (secondary N) is 1. The summed E-state index contributed by atoms with van der Waals surface area (Å²) in [5, 5.41) is 4.42. The molecule has 1 unspecified atom stereocenters. The Morgan fingerprint density at radius 2 is 2.39 bits per heavy atom. The third kappa shape index (κ3) is 3.44. The summed E-state index contributed by atoms with van der Waals surface area (Å²) in [5.41, 5.74) is 1.39. The van der Waals surface area contributed by atoms with Gasteiger partial charge in [-0.05, 0) is 44.5 Å². The molecular formula is C14H22ClN3. The molecule has 0 aromatic carbocycles. The number of pyridine rings is 1. The highest BCUT2D eigenvalue weighted by molar-refractivity contribution is 6.31. The molecular weight excluding hydrogens is 246 g/mol. The van der Waals surface area contributed by atoms with E-state index in [1.165, 1.54) is 12.0 Å². The van der Waals surface area contributed by atoms with E-state index in [-0.39, 0.29) is 5.54 Å². The van der Waals surface area contributed by atoms with E-state index < -0.39 is 0 Å². The van der Waals surface area contributed by atoms with Gasteiger partial charge in [-0.25, -0.2) is 0 Å². The van der Waals surface area contributed by atoms with Crippen molar-refractivity contribution in [1.82, 2.24) is 15.2 Å². The normalized spacial score (nSPS) is 25.9. The first-order chi connectivity index (χ1) is 8.63. The number of nitrogens with zero attached hydrogens (tertiary/aromatic N) is 2. The van der Waals surface area contributed by atoms with Gasteiger partial charge in [0, 0.05) is 31.0 Å². The molecule has 18 heavy (non-hydrogen) atoms. The average molecular weight is 268 g/mol. The molecule has 0 spiro atoms. The molecule has 3 nitrogen and oxygen atoms in total. The highest BCUT2D eigenvalue weighted by Gasteiger charge is 2.27. The van der Waals surface area contributed by atoms with Crippen LogP contribution in [0.25, 0.3) is 0 Å². The van der Waals surface area contributed by atoms with Crippen LogP contribution in [0.4, 0.5) is 0 Å². The first kappa shape index (κ1) is 13.8. The summed E-state index contributed by atoms with van der Waals surface area (Å²) in [6, 6.07) is 2.02. The van der Waals surface area contributed by atoms with Crippen LogP contribution in [-0.4, -0.2) is 35.1 Å². The van der Waals surface area contributed by atoms with Crippen LogP contribution in [0.3, 0.4) is 0 Å². The molecule has 1 atom stereocenters. The molecule has 100 valence electrons. The minimum Gasteiger partial charge on any atom is -0.310 e. The van der Waals surface area contributed by atoms with Gasteiger partial charge in [0.1, 0.15) is 0 Å². The van der Waals surface area contributed by atoms with E-state index in [0.717, 1.165) is 37.6 Å². The minimum atomic E-state index is 0.218. The van der Waals surface area contributed by atoms with Crippen molar-refractivity contribution in [3.8, 4) is 0 Å². The second-order valence-electron chi connectivity index (χ2n) is 5.37. The predicted octanol–water partition coefficient (Wildman–Crippen LogP) is 2.70. The fourth-order valence-electron chi connectivity index (χ4n) is 2.47. The molecule has 2 rings (SSSR count). The molecule has 2 heterocycles. The molecule has 0 saturated carbocycles. The number of aromatic nitrogens is 1. The van der Waals surface area contributed by atoms with Gasteiger partial charge < -0.3 is 5.32 Å². The lowest BCUT2D eigenvalue weighted by molar-refractivity contribution is 0.208. The molecule has 0 radical (unpaired) electrons. The van der Waals surface area contributed by atoms with Crippen LogP contribution in [0.1, 0.15) is 32.3 Å². The zero-order valence-corrected chi connectivity index (χ0v) is 12.0. The van der Waals surface area contributed by atoms with Crippen molar-refractivity contribution >= 4 is 11.6 Å². The summed E-state index contributed by atoms with van der Waals surface area (Å²) in [5.74, 6) is 0. The highest BCUT2D eigenvalue weighted by Crippen LogP contribution is 2.20. The zero-order valence-electron chi connectivity index (χ0n) is 11.2. The van der Waals surface area contributed by atoms with E-state index in [2.05, 4.69) is 29.0 Å². The average Bonchev–Trinajstić information content (AvgIpc) is 2.55. The van der Waals surface area contributed by atoms with Crippen LogP contribution in [-0.2, 0) is 6.54 Å². The lowest BCUT2D eigenvalue weighted by Gasteiger charge is -2.32. The van der Waals surface area contributed by atoms with E-state index in [9.17, 15) is 0 Å². The number of hydrogen-bond acceptors (Lipinski definition) is 3. The third-order valence-corrected chi connectivity index (χ3v) is 4.15. The largest absolute Gasteiger partial charge is 0.310 e. The van der Waals surface area contributed by atoms with Crippen LogP contribution in [0.5, 0.6) is 0 Å². The van der Waals surface area contributed by atoms with Crippen molar-refractivity contribution in [3.63, 3.8) is 0 Å². The van der Waals surface area contributed by atoms with Gasteiger partial charge in [0.25, 0.3) is 0 Å². The Morgan fingerprint density at radius 3 is 3.11 bits per heavy atom. The van der Waals surface area contributed by atoms with E-state index in [1.807, 2.05) is 12.3 Å².